The molecule has 194 valence electrons. The zero-order chi connectivity index (χ0) is 26.7. The molecule has 3 heterocycles. The Kier molecular flexibility index (Phi) is 7.60. The molecule has 0 fully saturated rings. The molecule has 4 rings (SSSR count). The number of nitrogens with zero attached hydrogens (tertiary/aromatic N) is 6. The van der Waals surface area contributed by atoms with Gasteiger partial charge in [0.2, 0.25) is 0 Å². The summed E-state index contributed by atoms with van der Waals surface area (Å²) < 4.78 is 53.3. The standard InChI is InChI=1S/C25H27FN6O4S/c1-15-9-18(11-27-10-15)25-31-30-21(32(25)22-16(2)7-6-8-20(22)35-4)14-37(33,34)17(3)23(36-5)24-28-12-19(26)13-29-24/h6-13,17,23H,14H2,1-5H3/t17-,23+/m0/s1. The third-order valence-electron chi connectivity index (χ3n) is 5.98. The van der Waals surface area contributed by atoms with E-state index in [0.29, 0.717) is 22.8 Å². The van der Waals surface area contributed by atoms with Crippen LogP contribution >= 0.6 is 0 Å². The maximum Gasteiger partial charge on any atom is 0.170 e. The zero-order valence-corrected chi connectivity index (χ0v) is 21.9. The monoisotopic (exact) mass is 526 g/mol. The van der Waals surface area contributed by atoms with E-state index in [2.05, 4.69) is 25.1 Å². The van der Waals surface area contributed by atoms with Gasteiger partial charge in [-0.3, -0.25) is 9.55 Å². The lowest BCUT2D eigenvalue weighted by Crippen LogP contribution is -2.30. The first-order chi connectivity index (χ1) is 17.7. The Labute approximate surface area is 214 Å². The third kappa shape index (κ3) is 5.35. The smallest absolute Gasteiger partial charge is 0.170 e. The van der Waals surface area contributed by atoms with Crippen LogP contribution in [0.3, 0.4) is 0 Å². The highest BCUT2D eigenvalue weighted by molar-refractivity contribution is 7.91. The van der Waals surface area contributed by atoms with Crippen LogP contribution < -0.4 is 4.74 Å². The second-order valence-electron chi connectivity index (χ2n) is 8.58. The Morgan fingerprint density at radius 2 is 1.78 bits per heavy atom. The normalized spacial score (nSPS) is 13.4. The fourth-order valence-corrected chi connectivity index (χ4v) is 5.49. The Bertz CT molecular complexity index is 1510. The van der Waals surface area contributed by atoms with Crippen LogP contribution in [0.1, 0.15) is 35.8 Å². The van der Waals surface area contributed by atoms with E-state index in [1.807, 2.05) is 32.0 Å². The number of aryl methyl sites for hydroxylation is 2. The summed E-state index contributed by atoms with van der Waals surface area (Å²) in [6.45, 7) is 5.29. The largest absolute Gasteiger partial charge is 0.495 e. The number of hydrogen-bond acceptors (Lipinski definition) is 9. The molecule has 2 atom stereocenters. The first kappa shape index (κ1) is 26.3. The molecule has 3 aromatic heterocycles. The maximum atomic E-state index is 13.6. The molecule has 12 heteroatoms. The molecule has 0 amide bonds. The molecule has 0 saturated heterocycles. The molecule has 0 N–H and O–H groups in total. The van der Waals surface area contributed by atoms with Gasteiger partial charge in [0.05, 0.1) is 30.4 Å². The second-order valence-corrected chi connectivity index (χ2v) is 10.9. The molecule has 0 aliphatic carbocycles. The van der Waals surface area contributed by atoms with E-state index in [9.17, 15) is 12.8 Å². The van der Waals surface area contributed by atoms with Gasteiger partial charge in [-0.15, -0.1) is 10.2 Å². The second kappa shape index (κ2) is 10.7. The number of aromatic nitrogens is 6. The molecule has 0 radical (unpaired) electrons. The van der Waals surface area contributed by atoms with E-state index in [0.717, 1.165) is 23.5 Å². The average molecular weight is 527 g/mol. The summed E-state index contributed by atoms with van der Waals surface area (Å²) in [5, 5.41) is 7.56. The summed E-state index contributed by atoms with van der Waals surface area (Å²) in [5.74, 6) is 0.112. The first-order valence-corrected chi connectivity index (χ1v) is 13.1. The maximum absolute atomic E-state index is 13.6. The molecule has 0 spiro atoms. The van der Waals surface area contributed by atoms with E-state index in [4.69, 9.17) is 9.47 Å². The molecule has 4 aromatic rings. The van der Waals surface area contributed by atoms with Gasteiger partial charge in [-0.1, -0.05) is 12.1 Å². The molecular weight excluding hydrogens is 499 g/mol. The Balaban J connectivity index is 1.82. The molecule has 0 aliphatic heterocycles. The highest BCUT2D eigenvalue weighted by atomic mass is 32.2. The highest BCUT2D eigenvalue weighted by Gasteiger charge is 2.35. The number of methoxy groups -OCH3 is 2. The van der Waals surface area contributed by atoms with E-state index in [1.165, 1.54) is 14.0 Å². The van der Waals surface area contributed by atoms with Crippen LogP contribution in [0.25, 0.3) is 17.1 Å². The van der Waals surface area contributed by atoms with Crippen molar-refractivity contribution in [1.82, 2.24) is 29.7 Å². The molecule has 0 aliphatic rings. The lowest BCUT2D eigenvalue weighted by atomic mass is 10.1. The molecule has 0 saturated carbocycles. The summed E-state index contributed by atoms with van der Waals surface area (Å²) in [6.07, 6.45) is 4.28. The molecule has 10 nitrogen and oxygen atoms in total. The lowest BCUT2D eigenvalue weighted by molar-refractivity contribution is 0.0946. The number of rotatable bonds is 9. The first-order valence-electron chi connectivity index (χ1n) is 11.4. The summed E-state index contributed by atoms with van der Waals surface area (Å²) in [4.78, 5) is 12.1. The quantitative estimate of drug-likeness (QED) is 0.322. The van der Waals surface area contributed by atoms with Crippen LogP contribution in [-0.4, -0.2) is 57.6 Å². The molecule has 37 heavy (non-hydrogen) atoms. The Morgan fingerprint density at radius 3 is 2.43 bits per heavy atom. The fraction of sp³-hybridized carbons (Fsp3) is 0.320. The van der Waals surface area contributed by atoms with Gasteiger partial charge < -0.3 is 9.47 Å². The van der Waals surface area contributed by atoms with Crippen molar-refractivity contribution >= 4 is 9.84 Å². The number of hydrogen-bond donors (Lipinski definition) is 0. The lowest BCUT2D eigenvalue weighted by Gasteiger charge is -2.22. The number of sulfone groups is 1. The predicted octanol–water partition coefficient (Wildman–Crippen LogP) is 3.57. The number of benzene rings is 1. The van der Waals surface area contributed by atoms with Crippen molar-refractivity contribution in [2.75, 3.05) is 14.2 Å². The summed E-state index contributed by atoms with van der Waals surface area (Å²) >= 11 is 0. The van der Waals surface area contributed by atoms with Crippen LogP contribution in [0.4, 0.5) is 4.39 Å². The predicted molar refractivity (Wildman–Crippen MR) is 134 cm³/mol. The van der Waals surface area contributed by atoms with Gasteiger partial charge in [0.15, 0.2) is 33.1 Å². The SMILES string of the molecule is COc1cccc(C)c1-n1c(CS(=O)(=O)[C@@H](C)[C@@H](OC)c2ncc(F)cn2)nnc1-c1cncc(C)c1. The van der Waals surface area contributed by atoms with E-state index in [1.54, 1.807) is 30.1 Å². The Hall–Kier alpha value is -3.77. The van der Waals surface area contributed by atoms with Crippen LogP contribution in [0.2, 0.25) is 0 Å². The number of para-hydroxylation sites is 1. The van der Waals surface area contributed by atoms with Crippen molar-refractivity contribution in [3.05, 3.63) is 77.6 Å². The van der Waals surface area contributed by atoms with Crippen molar-refractivity contribution in [2.24, 2.45) is 0 Å². The minimum Gasteiger partial charge on any atom is -0.495 e. The van der Waals surface area contributed by atoms with Crippen molar-refractivity contribution in [2.45, 2.75) is 37.9 Å². The van der Waals surface area contributed by atoms with Crippen molar-refractivity contribution in [3.8, 4) is 22.8 Å². The molecule has 1 aromatic carbocycles. The van der Waals surface area contributed by atoms with Gasteiger partial charge in [0, 0.05) is 25.1 Å². The van der Waals surface area contributed by atoms with Gasteiger partial charge >= 0.3 is 0 Å². The number of pyridine rings is 1. The molecule has 0 bridgehead atoms. The average Bonchev–Trinajstić information content (AvgIpc) is 3.27. The number of halogens is 1. The molecular formula is C25H27FN6O4S. The van der Waals surface area contributed by atoms with E-state index >= 15 is 0 Å². The van der Waals surface area contributed by atoms with Gasteiger partial charge in [-0.25, -0.2) is 22.8 Å². The minimum atomic E-state index is -3.90. The number of ether oxygens (including phenoxy) is 2. The summed E-state index contributed by atoms with van der Waals surface area (Å²) in [7, 11) is -1.00. The van der Waals surface area contributed by atoms with Gasteiger partial charge in [-0.2, -0.15) is 0 Å². The minimum absolute atomic E-state index is 0.0635. The summed E-state index contributed by atoms with van der Waals surface area (Å²) in [5.41, 5.74) is 3.04. The van der Waals surface area contributed by atoms with E-state index < -0.39 is 32.8 Å². The molecule has 0 unspecified atom stereocenters. The van der Waals surface area contributed by atoms with Crippen LogP contribution in [0.5, 0.6) is 5.75 Å². The van der Waals surface area contributed by atoms with Crippen molar-refractivity contribution < 1.29 is 22.3 Å². The third-order valence-corrected chi connectivity index (χ3v) is 8.02. The van der Waals surface area contributed by atoms with Gasteiger partial charge in [-0.05, 0) is 44.0 Å². The van der Waals surface area contributed by atoms with E-state index in [-0.39, 0.29) is 11.6 Å². The van der Waals surface area contributed by atoms with Crippen molar-refractivity contribution in [3.63, 3.8) is 0 Å². The Morgan fingerprint density at radius 1 is 1.05 bits per heavy atom. The van der Waals surface area contributed by atoms with Crippen molar-refractivity contribution in [1.29, 1.82) is 0 Å². The van der Waals surface area contributed by atoms with Gasteiger partial charge in [0.25, 0.3) is 0 Å². The zero-order valence-electron chi connectivity index (χ0n) is 21.1. The van der Waals surface area contributed by atoms with Gasteiger partial charge in [0.1, 0.15) is 17.6 Å². The topological polar surface area (TPSA) is 122 Å². The van der Waals surface area contributed by atoms with Crippen LogP contribution in [0, 0.1) is 19.7 Å². The summed E-state index contributed by atoms with van der Waals surface area (Å²) in [6, 6.07) is 7.42. The van der Waals surface area contributed by atoms with Crippen LogP contribution in [-0.2, 0) is 20.3 Å². The van der Waals surface area contributed by atoms with Crippen LogP contribution in [0.15, 0.2) is 49.1 Å². The fourth-order valence-electron chi connectivity index (χ4n) is 4.07. The highest BCUT2D eigenvalue weighted by Crippen LogP contribution is 2.33.